The van der Waals surface area contributed by atoms with Crippen LogP contribution in [0.5, 0.6) is 5.88 Å². The molecular weight excluding hydrogens is 793 g/mol. The number of fused-ring (bicyclic) bond motifs is 1. The molecule has 1 fully saturated rings. The molecule has 57 heavy (non-hydrogen) atoms. The maximum absolute atomic E-state index is 13.4. The zero-order valence-corrected chi connectivity index (χ0v) is 35.1. The summed E-state index contributed by atoms with van der Waals surface area (Å²) in [5.41, 5.74) is 2.57. The summed E-state index contributed by atoms with van der Waals surface area (Å²) in [5, 5.41) is 21.9. The predicted molar refractivity (Wildman–Crippen MR) is 222 cm³/mol. The van der Waals surface area contributed by atoms with Crippen LogP contribution in [-0.2, 0) is 29.7 Å². The fraction of sp³-hybridized carbons (Fsp3) is 0.390. The molecule has 1 saturated heterocycles. The first-order valence-corrected chi connectivity index (χ1v) is 19.6. The molecule has 16 heteroatoms. The molecule has 13 nitrogen and oxygen atoms in total. The van der Waals surface area contributed by atoms with E-state index in [0.717, 1.165) is 0 Å². The first kappa shape index (κ1) is 42.0. The first-order chi connectivity index (χ1) is 26.8. The third-order valence-corrected chi connectivity index (χ3v) is 10.6. The molecule has 1 aliphatic heterocycles. The van der Waals surface area contributed by atoms with Gasteiger partial charge in [0.05, 0.1) is 52.1 Å². The van der Waals surface area contributed by atoms with Crippen molar-refractivity contribution >= 4 is 52.3 Å². The average molecular weight is 839 g/mol. The second kappa shape index (κ2) is 16.7. The van der Waals surface area contributed by atoms with E-state index in [4.69, 9.17) is 49.3 Å². The Bertz CT molecular complexity index is 2400. The lowest BCUT2D eigenvalue weighted by atomic mass is 9.97. The highest BCUT2D eigenvalue weighted by molar-refractivity contribution is 6.39. The predicted octanol–water partition coefficient (Wildman–Crippen LogP) is 7.27. The summed E-state index contributed by atoms with van der Waals surface area (Å²) in [6, 6.07) is 14.3. The number of hydrogen-bond donors (Lipinski definition) is 3. The Hall–Kier alpha value is -4.66. The molecule has 4 heterocycles. The molecule has 0 radical (unpaired) electrons. The van der Waals surface area contributed by atoms with Crippen LogP contribution in [0, 0.1) is 0 Å². The maximum Gasteiger partial charge on any atom is 0.410 e. The number of aromatic nitrogens is 4. The minimum atomic E-state index is -0.917. The van der Waals surface area contributed by atoms with Gasteiger partial charge in [-0.3, -0.25) is 14.2 Å². The van der Waals surface area contributed by atoms with E-state index in [0.29, 0.717) is 84.9 Å². The number of halogens is 3. The van der Waals surface area contributed by atoms with Crippen LogP contribution < -0.4 is 20.9 Å². The molecule has 3 aromatic heterocycles. The number of nitrogens with one attached hydrogen (secondary N) is 2. The van der Waals surface area contributed by atoms with Gasteiger partial charge in [-0.15, -0.1) is 0 Å². The summed E-state index contributed by atoms with van der Waals surface area (Å²) >= 11 is 21.2. The van der Waals surface area contributed by atoms with Crippen molar-refractivity contribution in [1.29, 1.82) is 0 Å². The van der Waals surface area contributed by atoms with E-state index in [-0.39, 0.29) is 43.0 Å². The molecule has 0 aliphatic carbocycles. The fourth-order valence-corrected chi connectivity index (χ4v) is 7.53. The monoisotopic (exact) mass is 837 g/mol. The summed E-state index contributed by atoms with van der Waals surface area (Å²) in [4.78, 5) is 44.9. The van der Waals surface area contributed by atoms with E-state index >= 15 is 0 Å². The van der Waals surface area contributed by atoms with Crippen molar-refractivity contribution in [2.45, 2.75) is 77.8 Å². The quantitative estimate of drug-likeness (QED) is 0.118. The van der Waals surface area contributed by atoms with Crippen LogP contribution in [0.3, 0.4) is 0 Å². The van der Waals surface area contributed by atoms with Gasteiger partial charge in [0.25, 0.3) is 5.56 Å². The topological polar surface area (TPSA) is 152 Å². The van der Waals surface area contributed by atoms with E-state index in [1.165, 1.54) is 16.6 Å². The van der Waals surface area contributed by atoms with Crippen molar-refractivity contribution in [2.24, 2.45) is 7.05 Å². The number of hydrogen-bond acceptors (Lipinski definition) is 9. The zero-order chi connectivity index (χ0) is 41.4. The molecule has 5 aromatic rings. The highest BCUT2D eigenvalue weighted by Crippen LogP contribution is 2.43. The van der Waals surface area contributed by atoms with E-state index in [1.807, 2.05) is 36.4 Å². The van der Waals surface area contributed by atoms with Gasteiger partial charge in [-0.1, -0.05) is 71.2 Å². The summed E-state index contributed by atoms with van der Waals surface area (Å²) in [6.07, 6.45) is 2.17. The SMILES string of the molecule is COc1nc(-c2cccc(-c3cccc(-c4cc5c(=O)n(C)c(CNCC(C)(C)O)nn5c4)c3Cl)c2Cl)cc(Cl)c1CN(C[C@@H]1CCC(=O)N1)C(=O)OC(C)(C)C. The average Bonchev–Trinajstić information content (AvgIpc) is 3.75. The lowest BCUT2D eigenvalue weighted by molar-refractivity contribution is -0.119. The van der Waals surface area contributed by atoms with Gasteiger partial charge < -0.3 is 30.1 Å². The van der Waals surface area contributed by atoms with Crippen LogP contribution in [0.4, 0.5) is 4.79 Å². The molecule has 2 amide bonds. The van der Waals surface area contributed by atoms with Crippen molar-refractivity contribution in [3.05, 3.63) is 91.5 Å². The first-order valence-electron chi connectivity index (χ1n) is 18.4. The molecule has 0 bridgehead atoms. The largest absolute Gasteiger partial charge is 0.481 e. The number of carbonyl (C=O) groups is 2. The standard InChI is InChI=1S/C41H46Cl3N7O6/c1-40(2,3)57-39(54)50(20-24-14-15-34(52)46-24)21-29-30(42)17-31(47-37(29)56-7)28-13-9-12-27(36(28)44)26-11-8-10-25(35(26)43)23-16-32-38(53)49(6)33(48-51(32)19-23)18-45-22-41(4,5)55/h8-13,16-17,19,24,45,55H,14-15,18,20-22H2,1-7H3,(H,46,52)/t24-/m0/s1. The molecule has 1 atom stereocenters. The molecule has 0 spiro atoms. The van der Waals surface area contributed by atoms with E-state index in [2.05, 4.69) is 15.7 Å². The molecule has 0 unspecified atom stereocenters. The van der Waals surface area contributed by atoms with E-state index in [1.54, 1.807) is 64.5 Å². The van der Waals surface area contributed by atoms with Crippen molar-refractivity contribution < 1.29 is 24.2 Å². The number of carbonyl (C=O) groups excluding carboxylic acids is 2. The molecule has 302 valence electrons. The molecule has 1 aliphatic rings. The minimum Gasteiger partial charge on any atom is -0.481 e. The van der Waals surface area contributed by atoms with Crippen molar-refractivity contribution in [2.75, 3.05) is 20.2 Å². The normalized spacial score (nSPS) is 14.6. The molecule has 0 saturated carbocycles. The zero-order valence-electron chi connectivity index (χ0n) is 32.9. The molecule has 3 N–H and O–H groups in total. The highest BCUT2D eigenvalue weighted by Gasteiger charge is 2.30. The van der Waals surface area contributed by atoms with Crippen LogP contribution in [-0.4, -0.2) is 78.6 Å². The van der Waals surface area contributed by atoms with Crippen LogP contribution in [0.25, 0.3) is 39.0 Å². The molecule has 6 rings (SSSR count). The second-order valence-corrected chi connectivity index (χ2v) is 16.9. The van der Waals surface area contributed by atoms with Gasteiger partial charge in [0, 0.05) is 66.6 Å². The van der Waals surface area contributed by atoms with E-state index < -0.39 is 17.3 Å². The van der Waals surface area contributed by atoms with Crippen LogP contribution in [0.1, 0.15) is 58.8 Å². The Morgan fingerprint density at radius 3 is 2.28 bits per heavy atom. The number of rotatable bonds is 12. The van der Waals surface area contributed by atoms with Gasteiger partial charge in [0.1, 0.15) is 16.9 Å². The number of ether oxygens (including phenoxy) is 2. The van der Waals surface area contributed by atoms with Gasteiger partial charge in [0.2, 0.25) is 11.8 Å². The number of nitrogens with zero attached hydrogens (tertiary/aromatic N) is 5. The number of aliphatic hydroxyl groups is 1. The fourth-order valence-electron chi connectivity index (χ4n) is 6.63. The van der Waals surface area contributed by atoms with Gasteiger partial charge in [-0.25, -0.2) is 14.3 Å². The number of amides is 2. The number of methoxy groups -OCH3 is 1. The van der Waals surface area contributed by atoms with Crippen molar-refractivity contribution in [3.8, 4) is 39.4 Å². The lowest BCUT2D eigenvalue weighted by Crippen LogP contribution is -2.43. The van der Waals surface area contributed by atoms with Crippen molar-refractivity contribution in [1.82, 2.24) is 34.7 Å². The minimum absolute atomic E-state index is 0.0175. The molecular formula is C41H46Cl3N7O6. The Morgan fingerprint density at radius 2 is 1.67 bits per heavy atom. The summed E-state index contributed by atoms with van der Waals surface area (Å²) in [5.74, 6) is 0.628. The molecule has 2 aromatic carbocycles. The smallest absolute Gasteiger partial charge is 0.410 e. The van der Waals surface area contributed by atoms with E-state index in [9.17, 15) is 19.5 Å². The Labute approximate surface area is 345 Å². The van der Waals surface area contributed by atoms with Gasteiger partial charge in [0.15, 0.2) is 0 Å². The third-order valence-electron chi connectivity index (χ3n) is 9.40. The lowest BCUT2D eigenvalue weighted by Gasteiger charge is -2.29. The van der Waals surface area contributed by atoms with Crippen LogP contribution >= 0.6 is 34.8 Å². The van der Waals surface area contributed by atoms with Gasteiger partial charge >= 0.3 is 6.09 Å². The van der Waals surface area contributed by atoms with Crippen LogP contribution in [0.15, 0.2) is 59.5 Å². The summed E-state index contributed by atoms with van der Waals surface area (Å²) < 4.78 is 14.4. The Kier molecular flexibility index (Phi) is 12.3. The second-order valence-electron chi connectivity index (χ2n) is 15.7. The van der Waals surface area contributed by atoms with Crippen LogP contribution in [0.2, 0.25) is 15.1 Å². The van der Waals surface area contributed by atoms with Crippen molar-refractivity contribution in [3.63, 3.8) is 0 Å². The van der Waals surface area contributed by atoms with Gasteiger partial charge in [-0.2, -0.15) is 5.10 Å². The number of benzene rings is 2. The number of pyridine rings is 1. The van der Waals surface area contributed by atoms with Gasteiger partial charge in [-0.05, 0) is 53.2 Å². The Morgan fingerprint density at radius 1 is 1.02 bits per heavy atom. The summed E-state index contributed by atoms with van der Waals surface area (Å²) in [7, 11) is 3.13. The maximum atomic E-state index is 13.4. The summed E-state index contributed by atoms with van der Waals surface area (Å²) in [6.45, 7) is 9.58. The Balaban J connectivity index is 1.32. The third kappa shape index (κ3) is 9.56. The highest BCUT2D eigenvalue weighted by atomic mass is 35.5.